The lowest BCUT2D eigenvalue weighted by atomic mass is 9.84. The van der Waals surface area contributed by atoms with Crippen molar-refractivity contribution in [3.63, 3.8) is 0 Å². The number of carbonyl (C=O) groups is 2. The van der Waals surface area contributed by atoms with E-state index in [-0.39, 0.29) is 18.0 Å². The molecule has 0 aliphatic carbocycles. The fourth-order valence-corrected chi connectivity index (χ4v) is 2.47. The lowest BCUT2D eigenvalue weighted by Gasteiger charge is -2.23. The first-order chi connectivity index (χ1) is 9.78. The van der Waals surface area contributed by atoms with Crippen LogP contribution in [0.15, 0.2) is 0 Å². The van der Waals surface area contributed by atoms with E-state index in [4.69, 9.17) is 4.74 Å². The van der Waals surface area contributed by atoms with E-state index in [1.807, 2.05) is 20.8 Å². The minimum absolute atomic E-state index is 0.0797. The lowest BCUT2D eigenvalue weighted by Crippen LogP contribution is -2.41. The summed E-state index contributed by atoms with van der Waals surface area (Å²) in [6.45, 7) is 8.31. The lowest BCUT2D eigenvalue weighted by molar-refractivity contribution is -0.142. The second-order valence-electron chi connectivity index (χ2n) is 6.96. The van der Waals surface area contributed by atoms with Crippen molar-refractivity contribution in [2.45, 2.75) is 40.0 Å². The molecule has 1 saturated heterocycles. The Morgan fingerprint density at radius 1 is 1.33 bits per heavy atom. The van der Waals surface area contributed by atoms with Gasteiger partial charge in [0.25, 0.3) is 0 Å². The van der Waals surface area contributed by atoms with Crippen molar-refractivity contribution in [3.8, 4) is 0 Å². The van der Waals surface area contributed by atoms with Crippen molar-refractivity contribution in [3.05, 3.63) is 0 Å². The first-order valence-corrected chi connectivity index (χ1v) is 7.60. The molecule has 0 aromatic heterocycles. The van der Waals surface area contributed by atoms with Crippen LogP contribution in [-0.2, 0) is 9.53 Å². The van der Waals surface area contributed by atoms with Crippen LogP contribution < -0.4 is 10.6 Å². The first-order valence-electron chi connectivity index (χ1n) is 7.60. The van der Waals surface area contributed by atoms with Gasteiger partial charge in [-0.3, -0.25) is 4.79 Å². The molecule has 3 N–H and O–H groups in total. The predicted molar refractivity (Wildman–Crippen MR) is 80.1 cm³/mol. The van der Waals surface area contributed by atoms with E-state index < -0.39 is 11.9 Å². The van der Waals surface area contributed by atoms with Crippen LogP contribution in [0.5, 0.6) is 0 Å². The molecule has 1 heterocycles. The van der Waals surface area contributed by atoms with Gasteiger partial charge in [0.15, 0.2) is 0 Å². The monoisotopic (exact) mass is 300 g/mol. The Hall–Kier alpha value is -1.30. The normalized spacial score (nSPS) is 20.0. The van der Waals surface area contributed by atoms with Crippen molar-refractivity contribution in [2.24, 2.45) is 17.3 Å². The highest BCUT2D eigenvalue weighted by Crippen LogP contribution is 2.24. The summed E-state index contributed by atoms with van der Waals surface area (Å²) in [4.78, 5) is 22.9. The summed E-state index contributed by atoms with van der Waals surface area (Å²) in [6.07, 6.45) is 2.48. The van der Waals surface area contributed by atoms with Crippen LogP contribution in [0.1, 0.15) is 40.0 Å². The number of ether oxygens (including phenoxy) is 1. The highest BCUT2D eigenvalue weighted by Gasteiger charge is 2.25. The van der Waals surface area contributed by atoms with E-state index in [1.165, 1.54) is 0 Å². The van der Waals surface area contributed by atoms with Crippen LogP contribution in [0.2, 0.25) is 0 Å². The van der Waals surface area contributed by atoms with Crippen molar-refractivity contribution in [1.29, 1.82) is 0 Å². The topological polar surface area (TPSA) is 87.7 Å². The highest BCUT2D eigenvalue weighted by atomic mass is 16.5. The number of urea groups is 1. The third-order valence-corrected chi connectivity index (χ3v) is 3.58. The molecule has 0 spiro atoms. The van der Waals surface area contributed by atoms with Gasteiger partial charge in [0.2, 0.25) is 0 Å². The largest absolute Gasteiger partial charge is 0.481 e. The van der Waals surface area contributed by atoms with Gasteiger partial charge in [0.05, 0.1) is 5.92 Å². The molecular weight excluding hydrogens is 272 g/mol. The SMILES string of the molecule is CC(C)(C)CC(CNC(=O)NCCC1CCOC1)C(=O)O. The Balaban J connectivity index is 2.21. The zero-order valence-corrected chi connectivity index (χ0v) is 13.3. The smallest absolute Gasteiger partial charge is 0.314 e. The number of aliphatic carboxylic acids is 1. The predicted octanol–water partition coefficient (Wildman–Crippen LogP) is 1.85. The number of carboxylic acids is 1. The van der Waals surface area contributed by atoms with E-state index in [0.717, 1.165) is 26.1 Å². The summed E-state index contributed by atoms with van der Waals surface area (Å²) < 4.78 is 5.27. The summed E-state index contributed by atoms with van der Waals surface area (Å²) in [5.74, 6) is -0.898. The molecule has 0 radical (unpaired) electrons. The summed E-state index contributed by atoms with van der Waals surface area (Å²) in [5, 5.41) is 14.6. The summed E-state index contributed by atoms with van der Waals surface area (Å²) >= 11 is 0. The first kappa shape index (κ1) is 17.8. The minimum Gasteiger partial charge on any atom is -0.481 e. The fraction of sp³-hybridized carbons (Fsp3) is 0.867. The van der Waals surface area contributed by atoms with E-state index >= 15 is 0 Å². The second kappa shape index (κ2) is 8.22. The number of rotatable bonds is 7. The molecule has 122 valence electrons. The van der Waals surface area contributed by atoms with Crippen molar-refractivity contribution in [2.75, 3.05) is 26.3 Å². The molecule has 0 aromatic carbocycles. The average Bonchev–Trinajstić information content (AvgIpc) is 2.86. The quantitative estimate of drug-likeness (QED) is 0.669. The Kier molecular flexibility index (Phi) is 6.95. The molecule has 1 aliphatic heterocycles. The van der Waals surface area contributed by atoms with E-state index in [9.17, 15) is 14.7 Å². The number of hydrogen-bond acceptors (Lipinski definition) is 3. The van der Waals surface area contributed by atoms with Crippen molar-refractivity contribution < 1.29 is 19.4 Å². The Labute approximate surface area is 126 Å². The Bertz CT molecular complexity index is 346. The molecule has 0 bridgehead atoms. The van der Waals surface area contributed by atoms with Gasteiger partial charge < -0.3 is 20.5 Å². The van der Waals surface area contributed by atoms with Crippen LogP contribution in [-0.4, -0.2) is 43.4 Å². The average molecular weight is 300 g/mol. The standard InChI is InChI=1S/C15H28N2O4/c1-15(2,3)8-12(13(18)19)9-17-14(20)16-6-4-11-5-7-21-10-11/h11-12H,4-10H2,1-3H3,(H,18,19)(H2,16,17,20). The molecule has 6 nitrogen and oxygen atoms in total. The molecule has 1 fully saturated rings. The molecule has 2 amide bonds. The molecule has 1 aliphatic rings. The molecule has 21 heavy (non-hydrogen) atoms. The summed E-state index contributed by atoms with van der Waals surface area (Å²) in [6, 6.07) is -0.297. The van der Waals surface area contributed by atoms with Gasteiger partial charge in [-0.05, 0) is 30.6 Å². The number of carbonyl (C=O) groups excluding carboxylic acids is 1. The Morgan fingerprint density at radius 2 is 2.05 bits per heavy atom. The van der Waals surface area contributed by atoms with Crippen molar-refractivity contribution >= 4 is 12.0 Å². The van der Waals surface area contributed by atoms with Gasteiger partial charge >= 0.3 is 12.0 Å². The van der Waals surface area contributed by atoms with Crippen molar-refractivity contribution in [1.82, 2.24) is 10.6 Å². The maximum atomic E-state index is 11.7. The zero-order valence-electron chi connectivity index (χ0n) is 13.3. The van der Waals surface area contributed by atoms with Crippen LogP contribution in [0.3, 0.4) is 0 Å². The number of nitrogens with one attached hydrogen (secondary N) is 2. The molecule has 1 rings (SSSR count). The highest BCUT2D eigenvalue weighted by molar-refractivity contribution is 5.75. The maximum absolute atomic E-state index is 11.7. The summed E-state index contributed by atoms with van der Waals surface area (Å²) in [5.41, 5.74) is -0.0797. The molecular formula is C15H28N2O4. The molecule has 6 heteroatoms. The third-order valence-electron chi connectivity index (χ3n) is 3.58. The number of hydrogen-bond donors (Lipinski definition) is 3. The number of carboxylic acid groups (broad SMARTS) is 1. The third kappa shape index (κ3) is 7.90. The zero-order chi connectivity index (χ0) is 15.9. The maximum Gasteiger partial charge on any atom is 0.314 e. The van der Waals surface area contributed by atoms with Gasteiger partial charge in [-0.2, -0.15) is 0 Å². The van der Waals surface area contributed by atoms with Gasteiger partial charge in [-0.15, -0.1) is 0 Å². The Morgan fingerprint density at radius 3 is 2.57 bits per heavy atom. The molecule has 0 saturated carbocycles. The molecule has 2 unspecified atom stereocenters. The van der Waals surface area contributed by atoms with Crippen LogP contribution in [0.4, 0.5) is 4.79 Å². The van der Waals surface area contributed by atoms with E-state index in [1.54, 1.807) is 0 Å². The van der Waals surface area contributed by atoms with Gasteiger partial charge in [-0.25, -0.2) is 4.79 Å². The van der Waals surface area contributed by atoms with E-state index in [0.29, 0.717) is 18.9 Å². The van der Waals surface area contributed by atoms with Gasteiger partial charge in [0.1, 0.15) is 0 Å². The molecule has 2 atom stereocenters. The number of amides is 2. The van der Waals surface area contributed by atoms with Crippen LogP contribution >= 0.6 is 0 Å². The summed E-state index contributed by atoms with van der Waals surface area (Å²) in [7, 11) is 0. The van der Waals surface area contributed by atoms with Gasteiger partial charge in [0, 0.05) is 26.3 Å². The minimum atomic E-state index is -0.867. The second-order valence-corrected chi connectivity index (χ2v) is 6.96. The van der Waals surface area contributed by atoms with Crippen LogP contribution in [0.25, 0.3) is 0 Å². The fourth-order valence-electron chi connectivity index (χ4n) is 2.47. The molecule has 0 aromatic rings. The van der Waals surface area contributed by atoms with E-state index in [2.05, 4.69) is 10.6 Å². The van der Waals surface area contributed by atoms with Crippen LogP contribution in [0, 0.1) is 17.3 Å². The van der Waals surface area contributed by atoms with Gasteiger partial charge in [-0.1, -0.05) is 20.8 Å².